The Morgan fingerprint density at radius 2 is 2.07 bits per heavy atom. The number of amides is 1. The van der Waals surface area contributed by atoms with Crippen molar-refractivity contribution >= 4 is 11.8 Å². The number of hydrogen-bond donors (Lipinski definition) is 1. The van der Waals surface area contributed by atoms with E-state index < -0.39 is 30.3 Å². The number of carbonyl (C=O) groups excluding carboxylic acids is 1. The Bertz CT molecular complexity index is 254. The Kier molecular flexibility index (Phi) is 5.10. The van der Waals surface area contributed by atoms with Gasteiger partial charge in [0.05, 0.1) is 0 Å². The zero-order valence-corrected chi connectivity index (χ0v) is 8.68. The molecule has 0 fully saturated rings. The molecule has 0 aliphatic heterocycles. The molecule has 0 aliphatic carbocycles. The van der Waals surface area contributed by atoms with Gasteiger partial charge >= 0.3 is 6.09 Å². The van der Waals surface area contributed by atoms with E-state index in [9.17, 15) is 18.0 Å². The molecule has 0 aromatic rings. The van der Waals surface area contributed by atoms with Crippen molar-refractivity contribution in [3.63, 3.8) is 0 Å². The molecule has 0 atom stereocenters. The summed E-state index contributed by atoms with van der Waals surface area (Å²) in [5.41, 5.74) is -2.25. The van der Waals surface area contributed by atoms with Crippen LogP contribution in [0.1, 0.15) is 13.8 Å². The summed E-state index contributed by atoms with van der Waals surface area (Å²) in [5, 5.41) is 4.97. The minimum atomic E-state index is -2.97. The van der Waals surface area contributed by atoms with Crippen molar-refractivity contribution < 1.29 is 22.8 Å². The topological polar surface area (TPSA) is 50.7 Å². The van der Waals surface area contributed by atoms with E-state index in [4.69, 9.17) is 0 Å². The molecular weight excluding hydrogens is 213 g/mol. The Morgan fingerprint density at radius 1 is 1.53 bits per heavy atom. The van der Waals surface area contributed by atoms with Crippen molar-refractivity contribution in [2.45, 2.75) is 20.3 Å². The summed E-state index contributed by atoms with van der Waals surface area (Å²) >= 11 is 0. The van der Waals surface area contributed by atoms with Gasteiger partial charge in [0.15, 0.2) is 0 Å². The van der Waals surface area contributed by atoms with Crippen LogP contribution in [0.2, 0.25) is 0 Å². The molecule has 1 amide bonds. The normalized spacial score (nSPS) is 12.9. The first-order valence-electron chi connectivity index (χ1n) is 4.16. The average Bonchev–Trinajstić information content (AvgIpc) is 2.16. The second-order valence-corrected chi connectivity index (χ2v) is 3.42. The lowest BCUT2D eigenvalue weighted by atomic mass is 9.89. The van der Waals surface area contributed by atoms with Crippen LogP contribution in [-0.2, 0) is 4.84 Å². The van der Waals surface area contributed by atoms with Crippen molar-refractivity contribution in [3.8, 4) is 0 Å². The average molecular weight is 226 g/mol. The SMILES string of the molecule is CNC(=O)ON=C(C(F)F)C(C)(C)CF. The summed E-state index contributed by atoms with van der Waals surface area (Å²) in [5.74, 6) is 0. The Morgan fingerprint density at radius 3 is 2.40 bits per heavy atom. The van der Waals surface area contributed by atoms with Gasteiger partial charge in [0.1, 0.15) is 12.4 Å². The van der Waals surface area contributed by atoms with Crippen LogP contribution in [0.25, 0.3) is 0 Å². The fourth-order valence-electron chi connectivity index (χ4n) is 0.664. The Balaban J connectivity index is 4.74. The highest BCUT2D eigenvalue weighted by Gasteiger charge is 2.33. The molecule has 4 nitrogen and oxygen atoms in total. The van der Waals surface area contributed by atoms with E-state index in [1.807, 2.05) is 5.32 Å². The van der Waals surface area contributed by atoms with Crippen LogP contribution in [-0.4, -0.2) is 32.0 Å². The highest BCUT2D eigenvalue weighted by atomic mass is 19.3. The quantitative estimate of drug-likeness (QED) is 0.452. The maximum Gasteiger partial charge on any atom is 0.433 e. The van der Waals surface area contributed by atoms with Crippen molar-refractivity contribution in [1.82, 2.24) is 5.32 Å². The van der Waals surface area contributed by atoms with Crippen LogP contribution in [0.3, 0.4) is 0 Å². The summed E-state index contributed by atoms with van der Waals surface area (Å²) in [6.07, 6.45) is -3.96. The summed E-state index contributed by atoms with van der Waals surface area (Å²) in [6.45, 7) is 1.46. The van der Waals surface area contributed by atoms with Crippen molar-refractivity contribution in [3.05, 3.63) is 0 Å². The Labute approximate surface area is 85.5 Å². The van der Waals surface area contributed by atoms with E-state index in [-0.39, 0.29) is 0 Å². The number of halogens is 3. The molecule has 0 bridgehead atoms. The summed E-state index contributed by atoms with van der Waals surface area (Å²) in [4.78, 5) is 14.7. The molecule has 0 unspecified atom stereocenters. The first-order chi connectivity index (χ1) is 6.85. The van der Waals surface area contributed by atoms with Crippen LogP contribution in [0.15, 0.2) is 5.16 Å². The zero-order chi connectivity index (χ0) is 12.1. The second kappa shape index (κ2) is 5.57. The zero-order valence-electron chi connectivity index (χ0n) is 8.68. The van der Waals surface area contributed by atoms with Crippen LogP contribution < -0.4 is 5.32 Å². The van der Waals surface area contributed by atoms with Crippen molar-refractivity contribution in [2.24, 2.45) is 10.6 Å². The lowest BCUT2D eigenvalue weighted by molar-refractivity contribution is 0.142. The number of alkyl halides is 3. The lowest BCUT2D eigenvalue weighted by Gasteiger charge is -2.21. The molecule has 88 valence electrons. The standard InChI is InChI=1S/C8H13F3N2O2/c1-8(2,4-9)5(6(10)11)13-15-7(14)12-3/h6H,4H2,1-3H3,(H,12,14). The first kappa shape index (κ1) is 13.7. The third-order valence-corrected chi connectivity index (χ3v) is 1.67. The molecule has 1 N–H and O–H groups in total. The third-order valence-electron chi connectivity index (χ3n) is 1.67. The number of nitrogens with zero attached hydrogens (tertiary/aromatic N) is 1. The fourth-order valence-corrected chi connectivity index (χ4v) is 0.664. The molecule has 15 heavy (non-hydrogen) atoms. The van der Waals surface area contributed by atoms with Crippen molar-refractivity contribution in [1.29, 1.82) is 0 Å². The maximum absolute atomic E-state index is 12.4. The third kappa shape index (κ3) is 4.18. The lowest BCUT2D eigenvalue weighted by Crippen LogP contribution is -2.33. The van der Waals surface area contributed by atoms with E-state index >= 15 is 0 Å². The van der Waals surface area contributed by atoms with Gasteiger partial charge in [-0.3, -0.25) is 9.23 Å². The Hall–Kier alpha value is -1.27. The predicted octanol–water partition coefficient (Wildman–Crippen LogP) is 1.96. The molecular formula is C8H13F3N2O2. The van der Waals surface area contributed by atoms with Gasteiger partial charge in [0.25, 0.3) is 6.43 Å². The molecule has 0 aromatic heterocycles. The van der Waals surface area contributed by atoms with E-state index in [1.165, 1.54) is 20.9 Å². The van der Waals surface area contributed by atoms with Gasteiger partial charge in [0.2, 0.25) is 0 Å². The van der Waals surface area contributed by atoms with Crippen LogP contribution in [0.4, 0.5) is 18.0 Å². The van der Waals surface area contributed by atoms with Crippen LogP contribution in [0, 0.1) is 5.41 Å². The fraction of sp³-hybridized carbons (Fsp3) is 0.750. The van der Waals surface area contributed by atoms with Gasteiger partial charge < -0.3 is 5.32 Å². The summed E-state index contributed by atoms with van der Waals surface area (Å²) < 4.78 is 37.3. The largest absolute Gasteiger partial charge is 0.433 e. The number of rotatable bonds is 4. The van der Waals surface area contributed by atoms with Gasteiger partial charge in [0, 0.05) is 12.5 Å². The second-order valence-electron chi connectivity index (χ2n) is 3.42. The number of hydrogen-bond acceptors (Lipinski definition) is 3. The van der Waals surface area contributed by atoms with Gasteiger partial charge in [-0.1, -0.05) is 19.0 Å². The van der Waals surface area contributed by atoms with E-state index in [0.29, 0.717) is 0 Å². The maximum atomic E-state index is 12.4. The predicted molar refractivity (Wildman–Crippen MR) is 48.7 cm³/mol. The van der Waals surface area contributed by atoms with E-state index in [1.54, 1.807) is 0 Å². The summed E-state index contributed by atoms with van der Waals surface area (Å²) in [7, 11) is 1.25. The molecule has 0 saturated heterocycles. The molecule has 0 rings (SSSR count). The minimum absolute atomic E-state index is 0.798. The molecule has 0 spiro atoms. The number of carbonyl (C=O) groups is 1. The summed E-state index contributed by atoms with van der Waals surface area (Å²) in [6, 6.07) is 0. The van der Waals surface area contributed by atoms with Crippen LogP contribution >= 0.6 is 0 Å². The number of nitrogens with one attached hydrogen (secondary N) is 1. The van der Waals surface area contributed by atoms with Gasteiger partial charge in [-0.05, 0) is 0 Å². The van der Waals surface area contributed by atoms with Gasteiger partial charge in [-0.25, -0.2) is 13.6 Å². The molecule has 0 saturated carbocycles. The highest BCUT2D eigenvalue weighted by molar-refractivity contribution is 5.92. The monoisotopic (exact) mass is 226 g/mol. The van der Waals surface area contributed by atoms with E-state index in [0.717, 1.165) is 0 Å². The van der Waals surface area contributed by atoms with Crippen molar-refractivity contribution in [2.75, 3.05) is 13.7 Å². The highest BCUT2D eigenvalue weighted by Crippen LogP contribution is 2.23. The molecule has 0 aromatic carbocycles. The van der Waals surface area contributed by atoms with E-state index in [2.05, 4.69) is 9.99 Å². The number of oxime groups is 1. The molecule has 7 heteroatoms. The van der Waals surface area contributed by atoms with Gasteiger partial charge in [-0.2, -0.15) is 0 Å². The molecule has 0 heterocycles. The first-order valence-corrected chi connectivity index (χ1v) is 4.16. The molecule has 0 aliphatic rings. The molecule has 0 radical (unpaired) electrons. The minimum Gasteiger partial charge on any atom is -0.323 e. The smallest absolute Gasteiger partial charge is 0.323 e. The van der Waals surface area contributed by atoms with Crippen LogP contribution in [0.5, 0.6) is 0 Å². The van der Waals surface area contributed by atoms with Gasteiger partial charge in [-0.15, -0.1) is 0 Å².